The van der Waals surface area contributed by atoms with Crippen LogP contribution in [0.3, 0.4) is 0 Å². The first-order valence-electron chi connectivity index (χ1n) is 8.01. The summed E-state index contributed by atoms with van der Waals surface area (Å²) in [6.45, 7) is 0. The maximum absolute atomic E-state index is 12.3. The zero-order valence-electron chi connectivity index (χ0n) is 13.7. The second-order valence-corrected chi connectivity index (χ2v) is 6.00. The monoisotopic (exact) mass is 336 g/mol. The lowest BCUT2D eigenvalue weighted by atomic mass is 10.1. The van der Waals surface area contributed by atoms with Crippen LogP contribution in [0.4, 0.5) is 5.69 Å². The van der Waals surface area contributed by atoms with Crippen molar-refractivity contribution in [3.05, 3.63) is 65.9 Å². The number of anilines is 1. The Morgan fingerprint density at radius 1 is 1.12 bits per heavy atom. The van der Waals surface area contributed by atoms with Gasteiger partial charge >= 0.3 is 0 Å². The standard InChI is InChI=1S/C19H20N4O2/c20-16(8-12-4-2-1-3-5-12)19(25)23-14-6-7-17-15(10-14)13(11-22-17)9-18(21)24/h1-7,10-11,16,22H,8-9,20H2,(H2,21,24)(H,23,25)/t16-/m0/s1. The van der Waals surface area contributed by atoms with E-state index in [9.17, 15) is 9.59 Å². The van der Waals surface area contributed by atoms with Crippen molar-refractivity contribution in [2.75, 3.05) is 5.32 Å². The number of primary amides is 1. The van der Waals surface area contributed by atoms with Crippen LogP contribution in [0.1, 0.15) is 11.1 Å². The van der Waals surface area contributed by atoms with Gasteiger partial charge in [-0.25, -0.2) is 0 Å². The van der Waals surface area contributed by atoms with Gasteiger partial charge in [0.1, 0.15) is 0 Å². The van der Waals surface area contributed by atoms with E-state index in [2.05, 4.69) is 10.3 Å². The summed E-state index contributed by atoms with van der Waals surface area (Å²) in [5, 5.41) is 3.69. The van der Waals surface area contributed by atoms with Crippen molar-refractivity contribution in [1.82, 2.24) is 4.98 Å². The maximum atomic E-state index is 12.3. The third-order valence-corrected chi connectivity index (χ3v) is 4.03. The molecule has 25 heavy (non-hydrogen) atoms. The third kappa shape index (κ3) is 4.05. The Morgan fingerprint density at radius 3 is 2.60 bits per heavy atom. The molecule has 6 N–H and O–H groups in total. The lowest BCUT2D eigenvalue weighted by Gasteiger charge is -2.12. The predicted molar refractivity (Wildman–Crippen MR) is 97.9 cm³/mol. The van der Waals surface area contributed by atoms with Crippen LogP contribution in [0.25, 0.3) is 10.9 Å². The maximum Gasteiger partial charge on any atom is 0.241 e. The Hall–Kier alpha value is -3.12. The number of hydrogen-bond acceptors (Lipinski definition) is 3. The minimum atomic E-state index is -0.644. The summed E-state index contributed by atoms with van der Waals surface area (Å²) in [5.41, 5.74) is 14.6. The van der Waals surface area contributed by atoms with E-state index in [1.165, 1.54) is 0 Å². The summed E-state index contributed by atoms with van der Waals surface area (Å²) in [5.74, 6) is -0.657. The molecule has 1 atom stereocenters. The highest BCUT2D eigenvalue weighted by Gasteiger charge is 2.15. The Balaban J connectivity index is 1.73. The molecular formula is C19H20N4O2. The van der Waals surface area contributed by atoms with Gasteiger partial charge in [0.25, 0.3) is 0 Å². The fourth-order valence-corrected chi connectivity index (χ4v) is 2.79. The highest BCUT2D eigenvalue weighted by atomic mass is 16.2. The van der Waals surface area contributed by atoms with E-state index >= 15 is 0 Å². The molecule has 0 unspecified atom stereocenters. The summed E-state index contributed by atoms with van der Waals surface area (Å²) < 4.78 is 0. The van der Waals surface area contributed by atoms with Crippen molar-refractivity contribution in [1.29, 1.82) is 0 Å². The number of hydrogen-bond donors (Lipinski definition) is 4. The van der Waals surface area contributed by atoms with Gasteiger partial charge in [0.2, 0.25) is 11.8 Å². The minimum Gasteiger partial charge on any atom is -0.369 e. The Bertz CT molecular complexity index is 902. The van der Waals surface area contributed by atoms with Crippen LogP contribution >= 0.6 is 0 Å². The van der Waals surface area contributed by atoms with Crippen LogP contribution in [-0.2, 0) is 22.4 Å². The molecule has 1 heterocycles. The molecule has 3 rings (SSSR count). The van der Waals surface area contributed by atoms with Gasteiger partial charge in [-0.1, -0.05) is 30.3 Å². The molecule has 3 aromatic rings. The van der Waals surface area contributed by atoms with Crippen molar-refractivity contribution in [3.8, 4) is 0 Å². The van der Waals surface area contributed by atoms with Crippen molar-refractivity contribution >= 4 is 28.4 Å². The first-order valence-corrected chi connectivity index (χ1v) is 8.01. The van der Waals surface area contributed by atoms with Crippen molar-refractivity contribution in [2.45, 2.75) is 18.9 Å². The average Bonchev–Trinajstić information content (AvgIpc) is 2.97. The molecule has 2 aromatic carbocycles. The summed E-state index contributed by atoms with van der Waals surface area (Å²) >= 11 is 0. The van der Waals surface area contributed by atoms with E-state index in [4.69, 9.17) is 11.5 Å². The van der Waals surface area contributed by atoms with Crippen LogP contribution in [0.15, 0.2) is 54.7 Å². The predicted octanol–water partition coefficient (Wildman–Crippen LogP) is 1.70. The zero-order chi connectivity index (χ0) is 17.8. The number of amides is 2. The van der Waals surface area contributed by atoms with Crippen LogP contribution in [-0.4, -0.2) is 22.8 Å². The largest absolute Gasteiger partial charge is 0.369 e. The fraction of sp³-hybridized carbons (Fsp3) is 0.158. The molecule has 0 fully saturated rings. The van der Waals surface area contributed by atoms with Crippen molar-refractivity contribution in [3.63, 3.8) is 0 Å². The van der Waals surface area contributed by atoms with Gasteiger partial charge in [-0.2, -0.15) is 0 Å². The lowest BCUT2D eigenvalue weighted by Crippen LogP contribution is -2.37. The number of aromatic nitrogens is 1. The number of H-pyrrole nitrogens is 1. The topological polar surface area (TPSA) is 114 Å². The molecule has 0 saturated heterocycles. The van der Waals surface area contributed by atoms with E-state index in [1.807, 2.05) is 42.5 Å². The number of benzene rings is 2. The van der Waals surface area contributed by atoms with Gasteiger partial charge in [-0.15, -0.1) is 0 Å². The number of carbonyl (C=O) groups excluding carboxylic acids is 2. The summed E-state index contributed by atoms with van der Waals surface area (Å²) in [6.07, 6.45) is 2.36. The number of fused-ring (bicyclic) bond motifs is 1. The molecule has 6 nitrogen and oxygen atoms in total. The van der Waals surface area contributed by atoms with E-state index in [-0.39, 0.29) is 12.3 Å². The van der Waals surface area contributed by atoms with E-state index in [0.29, 0.717) is 12.1 Å². The van der Waals surface area contributed by atoms with Gasteiger partial charge in [-0.3, -0.25) is 9.59 Å². The molecule has 0 spiro atoms. The molecule has 0 aliphatic carbocycles. The molecule has 1 aromatic heterocycles. The molecule has 0 radical (unpaired) electrons. The molecule has 0 saturated carbocycles. The van der Waals surface area contributed by atoms with Gasteiger partial charge in [-0.05, 0) is 35.7 Å². The van der Waals surface area contributed by atoms with E-state index in [1.54, 1.807) is 12.3 Å². The summed E-state index contributed by atoms with van der Waals surface area (Å²) in [6, 6.07) is 14.4. The smallest absolute Gasteiger partial charge is 0.241 e. The van der Waals surface area contributed by atoms with Crippen molar-refractivity contribution < 1.29 is 9.59 Å². The van der Waals surface area contributed by atoms with Crippen LogP contribution in [0.2, 0.25) is 0 Å². The Kier molecular flexibility index (Phi) is 4.81. The van der Waals surface area contributed by atoms with Gasteiger partial charge in [0.15, 0.2) is 0 Å². The second-order valence-electron chi connectivity index (χ2n) is 6.00. The minimum absolute atomic E-state index is 0.144. The molecule has 6 heteroatoms. The van der Waals surface area contributed by atoms with Crippen LogP contribution in [0.5, 0.6) is 0 Å². The molecule has 2 amide bonds. The molecular weight excluding hydrogens is 316 g/mol. The molecule has 0 aliphatic rings. The quantitative estimate of drug-likeness (QED) is 0.549. The van der Waals surface area contributed by atoms with Gasteiger partial charge in [0, 0.05) is 22.8 Å². The van der Waals surface area contributed by atoms with Crippen LogP contribution < -0.4 is 16.8 Å². The van der Waals surface area contributed by atoms with E-state index in [0.717, 1.165) is 22.0 Å². The van der Waals surface area contributed by atoms with Gasteiger partial charge in [0.05, 0.1) is 12.5 Å². The molecule has 0 aliphatic heterocycles. The number of aromatic amines is 1. The number of nitrogens with two attached hydrogens (primary N) is 2. The number of rotatable bonds is 6. The first-order chi connectivity index (χ1) is 12.0. The van der Waals surface area contributed by atoms with E-state index < -0.39 is 11.9 Å². The SMILES string of the molecule is NC(=O)Cc1c[nH]c2ccc(NC(=O)[C@@H](N)Cc3ccccc3)cc12. The lowest BCUT2D eigenvalue weighted by molar-refractivity contribution is -0.118. The number of nitrogens with one attached hydrogen (secondary N) is 2. The fourth-order valence-electron chi connectivity index (χ4n) is 2.79. The Morgan fingerprint density at radius 2 is 1.88 bits per heavy atom. The molecule has 128 valence electrons. The molecule has 0 bridgehead atoms. The van der Waals surface area contributed by atoms with Gasteiger partial charge < -0.3 is 21.8 Å². The third-order valence-electron chi connectivity index (χ3n) is 4.03. The average molecular weight is 336 g/mol. The highest BCUT2D eigenvalue weighted by molar-refractivity contribution is 5.98. The Labute approximate surface area is 145 Å². The normalized spacial score (nSPS) is 12.0. The van der Waals surface area contributed by atoms with Crippen LogP contribution in [0, 0.1) is 0 Å². The summed E-state index contributed by atoms with van der Waals surface area (Å²) in [7, 11) is 0. The van der Waals surface area contributed by atoms with Crippen molar-refractivity contribution in [2.24, 2.45) is 11.5 Å². The second kappa shape index (κ2) is 7.19. The number of carbonyl (C=O) groups is 2. The highest BCUT2D eigenvalue weighted by Crippen LogP contribution is 2.23. The first kappa shape index (κ1) is 16.7. The summed E-state index contributed by atoms with van der Waals surface area (Å²) in [4.78, 5) is 26.6. The zero-order valence-corrected chi connectivity index (χ0v) is 13.7.